The van der Waals surface area contributed by atoms with E-state index in [1.54, 1.807) is 12.5 Å². The molecule has 6 nitrogen and oxygen atoms in total. The highest BCUT2D eigenvalue weighted by molar-refractivity contribution is 7.09. The number of carbonyl (C=O) groups excluding carboxylic acids is 1. The van der Waals surface area contributed by atoms with Crippen LogP contribution in [0.5, 0.6) is 11.5 Å². The Kier molecular flexibility index (Phi) is 6.46. The van der Waals surface area contributed by atoms with Crippen LogP contribution in [0.2, 0.25) is 0 Å². The third-order valence-electron chi connectivity index (χ3n) is 4.45. The van der Waals surface area contributed by atoms with Gasteiger partial charge >= 0.3 is 0 Å². The smallest absolute Gasteiger partial charge is 0.271 e. The maximum atomic E-state index is 12.4. The maximum absolute atomic E-state index is 12.4. The number of thiazole rings is 1. The van der Waals surface area contributed by atoms with Gasteiger partial charge in [-0.25, -0.2) is 4.98 Å². The molecule has 2 aromatic rings. The molecule has 1 aromatic heterocycles. The first kappa shape index (κ1) is 18.7. The van der Waals surface area contributed by atoms with Crippen LogP contribution >= 0.6 is 11.3 Å². The molecule has 26 heavy (non-hydrogen) atoms. The molecular formula is C19H25N3O3S. The normalized spacial score (nSPS) is 14.4. The number of aromatic nitrogens is 1. The molecule has 0 radical (unpaired) electrons. The molecule has 0 spiro atoms. The van der Waals surface area contributed by atoms with Crippen molar-refractivity contribution in [3.63, 3.8) is 0 Å². The van der Waals surface area contributed by atoms with Crippen LogP contribution in [-0.2, 0) is 13.0 Å². The van der Waals surface area contributed by atoms with E-state index in [0.29, 0.717) is 25.2 Å². The number of ether oxygens (including phenoxy) is 2. The second kappa shape index (κ2) is 9.00. The largest absolute Gasteiger partial charge is 0.497 e. The fraction of sp³-hybridized carbons (Fsp3) is 0.474. The molecule has 1 amide bonds. The van der Waals surface area contributed by atoms with Crippen LogP contribution in [-0.4, -0.2) is 30.6 Å². The van der Waals surface area contributed by atoms with Crippen molar-refractivity contribution in [3.05, 3.63) is 39.8 Å². The highest BCUT2D eigenvalue weighted by Gasteiger charge is 2.19. The number of nitrogens with one attached hydrogen (secondary N) is 1. The molecule has 0 unspecified atom stereocenters. The van der Waals surface area contributed by atoms with Crippen LogP contribution in [0.4, 0.5) is 0 Å². The number of methoxy groups -OCH3 is 1. The van der Waals surface area contributed by atoms with Gasteiger partial charge in [-0.05, 0) is 44.4 Å². The van der Waals surface area contributed by atoms with E-state index in [9.17, 15) is 4.79 Å². The van der Waals surface area contributed by atoms with Gasteiger partial charge in [0.2, 0.25) is 0 Å². The van der Waals surface area contributed by atoms with Crippen LogP contribution in [0.25, 0.3) is 0 Å². The highest BCUT2D eigenvalue weighted by Crippen LogP contribution is 2.30. The third-order valence-corrected chi connectivity index (χ3v) is 5.36. The number of benzene rings is 1. The summed E-state index contributed by atoms with van der Waals surface area (Å²) in [6.45, 7) is 0.914. The van der Waals surface area contributed by atoms with Crippen molar-refractivity contribution < 1.29 is 14.3 Å². The number of hydrogen-bond donors (Lipinski definition) is 2. The summed E-state index contributed by atoms with van der Waals surface area (Å²) in [6.07, 6.45) is 5.49. The van der Waals surface area contributed by atoms with Gasteiger partial charge in [0, 0.05) is 30.0 Å². The minimum atomic E-state index is -0.188. The van der Waals surface area contributed by atoms with Crippen LogP contribution in [0, 0.1) is 0 Å². The predicted octanol–water partition coefficient (Wildman–Crippen LogP) is 2.90. The van der Waals surface area contributed by atoms with Gasteiger partial charge < -0.3 is 20.5 Å². The summed E-state index contributed by atoms with van der Waals surface area (Å²) in [5.74, 6) is 1.34. The highest BCUT2D eigenvalue weighted by atomic mass is 32.1. The maximum Gasteiger partial charge on any atom is 0.271 e. The second-order valence-electron chi connectivity index (χ2n) is 6.35. The quantitative estimate of drug-likeness (QED) is 0.741. The van der Waals surface area contributed by atoms with E-state index in [1.807, 2.05) is 18.2 Å². The number of nitrogens with zero attached hydrogens (tertiary/aromatic N) is 1. The van der Waals surface area contributed by atoms with Gasteiger partial charge in [0.05, 0.1) is 18.2 Å². The third kappa shape index (κ3) is 4.74. The molecule has 3 N–H and O–H groups in total. The summed E-state index contributed by atoms with van der Waals surface area (Å²) in [5.41, 5.74) is 6.90. The van der Waals surface area contributed by atoms with Crippen molar-refractivity contribution in [1.29, 1.82) is 0 Å². The summed E-state index contributed by atoms with van der Waals surface area (Å²) in [7, 11) is 1.64. The summed E-state index contributed by atoms with van der Waals surface area (Å²) in [4.78, 5) is 16.7. The van der Waals surface area contributed by atoms with Crippen molar-refractivity contribution in [1.82, 2.24) is 10.3 Å². The number of amides is 1. The van der Waals surface area contributed by atoms with E-state index >= 15 is 0 Å². The van der Waals surface area contributed by atoms with Gasteiger partial charge in [0.15, 0.2) is 0 Å². The van der Waals surface area contributed by atoms with Gasteiger partial charge in [0.1, 0.15) is 17.2 Å². The van der Waals surface area contributed by atoms with Crippen molar-refractivity contribution in [2.45, 2.75) is 44.8 Å². The van der Waals surface area contributed by atoms with Crippen molar-refractivity contribution in [2.75, 3.05) is 13.7 Å². The molecule has 0 aliphatic heterocycles. The summed E-state index contributed by atoms with van der Waals surface area (Å²) in [5, 5.41) is 5.58. The first-order valence-electron chi connectivity index (χ1n) is 8.96. The van der Waals surface area contributed by atoms with Gasteiger partial charge in [-0.2, -0.15) is 0 Å². The van der Waals surface area contributed by atoms with Gasteiger partial charge in [-0.1, -0.05) is 0 Å². The van der Waals surface area contributed by atoms with E-state index < -0.39 is 0 Å². The SMILES string of the molecule is COc1ccc(CNC(=O)c2csc(CCN)n2)c(OC2CCCC2)c1. The molecule has 3 rings (SSSR count). The van der Waals surface area contributed by atoms with Crippen LogP contribution in [0.3, 0.4) is 0 Å². The van der Waals surface area contributed by atoms with E-state index in [4.69, 9.17) is 15.2 Å². The fourth-order valence-corrected chi connectivity index (χ4v) is 3.82. The first-order valence-corrected chi connectivity index (χ1v) is 9.84. The predicted molar refractivity (Wildman–Crippen MR) is 102 cm³/mol. The molecular weight excluding hydrogens is 350 g/mol. The Labute approximate surface area is 157 Å². The van der Waals surface area contributed by atoms with Crippen LogP contribution in [0.1, 0.15) is 46.7 Å². The molecule has 1 aromatic carbocycles. The molecule has 1 fully saturated rings. The molecule has 1 aliphatic rings. The molecule has 0 atom stereocenters. The lowest BCUT2D eigenvalue weighted by molar-refractivity contribution is 0.0946. The Morgan fingerprint density at radius 2 is 2.19 bits per heavy atom. The minimum absolute atomic E-state index is 0.188. The lowest BCUT2D eigenvalue weighted by atomic mass is 10.1. The average molecular weight is 375 g/mol. The first-order chi connectivity index (χ1) is 12.7. The van der Waals surface area contributed by atoms with E-state index in [0.717, 1.165) is 34.9 Å². The summed E-state index contributed by atoms with van der Waals surface area (Å²) < 4.78 is 11.5. The average Bonchev–Trinajstić information content (AvgIpc) is 3.32. The summed E-state index contributed by atoms with van der Waals surface area (Å²) in [6, 6.07) is 5.71. The Morgan fingerprint density at radius 3 is 2.92 bits per heavy atom. The zero-order valence-electron chi connectivity index (χ0n) is 15.0. The van der Waals surface area contributed by atoms with Crippen LogP contribution < -0.4 is 20.5 Å². The number of hydrogen-bond acceptors (Lipinski definition) is 6. The second-order valence-corrected chi connectivity index (χ2v) is 7.29. The van der Waals surface area contributed by atoms with E-state index in [-0.39, 0.29) is 12.0 Å². The Hall–Kier alpha value is -2.12. The van der Waals surface area contributed by atoms with Crippen LogP contribution in [0.15, 0.2) is 23.6 Å². The zero-order valence-corrected chi connectivity index (χ0v) is 15.8. The van der Waals surface area contributed by atoms with Gasteiger partial charge in [-0.3, -0.25) is 4.79 Å². The molecule has 140 valence electrons. The van der Waals surface area contributed by atoms with Gasteiger partial charge in [0.25, 0.3) is 5.91 Å². The minimum Gasteiger partial charge on any atom is -0.497 e. The monoisotopic (exact) mass is 375 g/mol. The summed E-state index contributed by atoms with van der Waals surface area (Å²) >= 11 is 1.46. The topological polar surface area (TPSA) is 86.5 Å². The molecule has 1 aliphatic carbocycles. The fourth-order valence-electron chi connectivity index (χ4n) is 3.02. The Balaban J connectivity index is 1.66. The Bertz CT molecular complexity index is 741. The Morgan fingerprint density at radius 1 is 1.38 bits per heavy atom. The number of carbonyl (C=O) groups is 1. The number of rotatable bonds is 8. The molecule has 0 saturated heterocycles. The van der Waals surface area contributed by atoms with Crippen molar-refractivity contribution in [2.24, 2.45) is 5.73 Å². The molecule has 7 heteroatoms. The number of nitrogens with two attached hydrogens (primary N) is 1. The lowest BCUT2D eigenvalue weighted by Gasteiger charge is -2.17. The zero-order chi connectivity index (χ0) is 18.4. The van der Waals surface area contributed by atoms with E-state index in [2.05, 4.69) is 10.3 Å². The molecule has 1 saturated carbocycles. The van der Waals surface area contributed by atoms with E-state index in [1.165, 1.54) is 24.2 Å². The van der Waals surface area contributed by atoms with Crippen molar-refractivity contribution >= 4 is 17.2 Å². The van der Waals surface area contributed by atoms with Gasteiger partial charge in [-0.15, -0.1) is 11.3 Å². The molecule has 1 heterocycles. The van der Waals surface area contributed by atoms with Crippen molar-refractivity contribution in [3.8, 4) is 11.5 Å². The molecule has 0 bridgehead atoms. The standard InChI is InChI=1S/C19H25N3O3S/c1-24-15-7-6-13(17(10-15)25-14-4-2-3-5-14)11-21-19(23)16-12-26-18(22-16)8-9-20/h6-7,10,12,14H,2-5,8-9,11,20H2,1H3,(H,21,23). The lowest BCUT2D eigenvalue weighted by Crippen LogP contribution is -2.24.